The third-order valence-electron chi connectivity index (χ3n) is 16.0. The molecule has 276 valence electrons. The van der Waals surface area contributed by atoms with Crippen molar-refractivity contribution in [3.05, 3.63) is 76.5 Å². The molecule has 7 atom stereocenters. The Labute approximate surface area is 309 Å². The quantitative estimate of drug-likeness (QED) is 0.225. The van der Waals surface area contributed by atoms with Gasteiger partial charge in [-0.1, -0.05) is 71.9 Å². The minimum atomic E-state index is -1.82. The first-order valence-corrected chi connectivity index (χ1v) is 23.1. The molecule has 2 fully saturated rings. The molecule has 1 aromatic heterocycles. The van der Waals surface area contributed by atoms with Crippen LogP contribution in [0.1, 0.15) is 123 Å². The van der Waals surface area contributed by atoms with Crippen molar-refractivity contribution in [3.8, 4) is 0 Å². The van der Waals surface area contributed by atoms with Crippen molar-refractivity contribution in [1.29, 1.82) is 0 Å². The second kappa shape index (κ2) is 12.2. The third kappa shape index (κ3) is 5.28. The molecule has 2 saturated carbocycles. The van der Waals surface area contributed by atoms with Crippen LogP contribution >= 0.6 is 0 Å². The van der Waals surface area contributed by atoms with Crippen LogP contribution in [0.25, 0.3) is 16.5 Å². The molecule has 2 aromatic carbocycles. The van der Waals surface area contributed by atoms with Crippen molar-refractivity contribution in [2.75, 3.05) is 6.61 Å². The lowest BCUT2D eigenvalue weighted by Gasteiger charge is -2.65. The Morgan fingerprint density at radius 2 is 1.61 bits per heavy atom. The molecule has 0 amide bonds. The van der Waals surface area contributed by atoms with E-state index in [-0.39, 0.29) is 33.6 Å². The Hall–Kier alpha value is -2.18. The summed E-state index contributed by atoms with van der Waals surface area (Å²) in [6.45, 7) is 25.5. The van der Waals surface area contributed by atoms with Crippen LogP contribution in [0, 0.1) is 28.6 Å². The number of aromatic amines is 1. The molecular formula is C46H65NO3Si. The fraction of sp³-hybridized carbons (Fsp3) is 0.652. The second-order valence-electron chi connectivity index (χ2n) is 19.2. The number of ether oxygens (including phenoxy) is 2. The fourth-order valence-electron chi connectivity index (χ4n) is 12.9. The highest BCUT2D eigenvalue weighted by Crippen LogP contribution is 2.70. The number of hydrogen-bond acceptors (Lipinski definition) is 3. The number of hydrogen-bond donors (Lipinski definition) is 1. The molecule has 8 rings (SSSR count). The zero-order chi connectivity index (χ0) is 36.2. The van der Waals surface area contributed by atoms with Gasteiger partial charge >= 0.3 is 0 Å². The van der Waals surface area contributed by atoms with E-state index >= 15 is 0 Å². The number of fused-ring (bicyclic) bond motifs is 10. The van der Waals surface area contributed by atoms with Crippen LogP contribution in [0.5, 0.6) is 0 Å². The standard InChI is InChI=1S/C46H65NO3Si/c1-11-51(12-2,13-3)49-40-21-22-45(9)39(44(40,8)29-48-28-30-17-15-14-16-18-30)20-19-32-25-35-34-26-33-31(24-38(34)47-41(35)46(32,45)10)23-37-36(33)27-42(4,5)50-43(37,6)7/h14-18,24,26-27,32,37,39-40,47H,11-13,19-23,25,28-29H2,1-10H3/t32-,37-,39-,40-,44-,45-,46+/m0/s1. The highest BCUT2D eigenvalue weighted by Gasteiger charge is 2.67. The number of rotatable bonds is 9. The van der Waals surface area contributed by atoms with Crippen molar-refractivity contribution in [1.82, 2.24) is 4.98 Å². The normalized spacial score (nSPS) is 34.7. The first-order valence-electron chi connectivity index (χ1n) is 20.5. The van der Waals surface area contributed by atoms with Gasteiger partial charge in [-0.05, 0) is 148 Å². The maximum absolute atomic E-state index is 7.56. The largest absolute Gasteiger partial charge is 0.413 e. The van der Waals surface area contributed by atoms with Crippen molar-refractivity contribution >= 4 is 24.8 Å². The SMILES string of the molecule is CC[Si](CC)(CC)O[C@H]1CC[C@@]2(C)[C@@H](CC[C@H]3Cc4c([nH]c5cc6c(cc45)C4=CC(C)(C)OC(C)(C)[C@H]4C6)[C@@]32C)[C@]1(C)COCc1ccccc1. The lowest BCUT2D eigenvalue weighted by molar-refractivity contribution is -0.182. The lowest BCUT2D eigenvalue weighted by Crippen LogP contribution is -2.64. The smallest absolute Gasteiger partial charge is 0.192 e. The Morgan fingerprint density at radius 1 is 0.882 bits per heavy atom. The van der Waals surface area contributed by atoms with E-state index in [1.165, 1.54) is 77.0 Å². The summed E-state index contributed by atoms with van der Waals surface area (Å²) in [7, 11) is -1.82. The minimum Gasteiger partial charge on any atom is -0.413 e. The minimum absolute atomic E-state index is 0.0480. The van der Waals surface area contributed by atoms with Gasteiger partial charge in [-0.2, -0.15) is 0 Å². The average Bonchev–Trinajstić information content (AvgIpc) is 3.73. The Balaban J connectivity index is 1.18. The van der Waals surface area contributed by atoms with Crippen molar-refractivity contribution in [3.63, 3.8) is 0 Å². The zero-order valence-corrected chi connectivity index (χ0v) is 34.4. The van der Waals surface area contributed by atoms with E-state index in [0.29, 0.717) is 24.4 Å². The fourth-order valence-corrected chi connectivity index (χ4v) is 15.9. The molecule has 5 heteroatoms. The van der Waals surface area contributed by atoms with E-state index in [1.807, 2.05) is 0 Å². The second-order valence-corrected chi connectivity index (χ2v) is 23.9. The first kappa shape index (κ1) is 35.8. The molecule has 0 saturated heterocycles. The molecule has 5 aliphatic rings. The summed E-state index contributed by atoms with van der Waals surface area (Å²) in [4.78, 5) is 4.18. The lowest BCUT2D eigenvalue weighted by atomic mass is 9.41. The topological polar surface area (TPSA) is 43.5 Å². The molecule has 0 bridgehead atoms. The van der Waals surface area contributed by atoms with E-state index < -0.39 is 8.32 Å². The predicted molar refractivity (Wildman–Crippen MR) is 214 cm³/mol. The van der Waals surface area contributed by atoms with Gasteiger partial charge in [0, 0.05) is 33.3 Å². The highest BCUT2D eigenvalue weighted by atomic mass is 28.4. The molecule has 3 aromatic rings. The first-order chi connectivity index (χ1) is 24.1. The third-order valence-corrected chi connectivity index (χ3v) is 20.6. The molecule has 4 aliphatic carbocycles. The summed E-state index contributed by atoms with van der Waals surface area (Å²) < 4.78 is 21.0. The number of H-pyrrole nitrogens is 1. The maximum atomic E-state index is 7.56. The van der Waals surface area contributed by atoms with Gasteiger partial charge in [-0.3, -0.25) is 0 Å². The molecule has 0 spiro atoms. The van der Waals surface area contributed by atoms with Crippen molar-refractivity contribution < 1.29 is 13.9 Å². The number of benzene rings is 2. The van der Waals surface area contributed by atoms with Crippen LogP contribution in [0.2, 0.25) is 18.1 Å². The molecule has 1 N–H and O–H groups in total. The molecule has 51 heavy (non-hydrogen) atoms. The number of aromatic nitrogens is 1. The van der Waals surface area contributed by atoms with Crippen molar-refractivity contribution in [2.24, 2.45) is 28.6 Å². The summed E-state index contributed by atoms with van der Waals surface area (Å²) in [6.07, 6.45) is 9.80. The van der Waals surface area contributed by atoms with Gasteiger partial charge in [-0.15, -0.1) is 0 Å². The van der Waals surface area contributed by atoms with Crippen LogP contribution in [0.15, 0.2) is 48.5 Å². The van der Waals surface area contributed by atoms with E-state index in [4.69, 9.17) is 13.9 Å². The van der Waals surface area contributed by atoms with Gasteiger partial charge in [0.2, 0.25) is 0 Å². The van der Waals surface area contributed by atoms with E-state index in [1.54, 1.807) is 11.3 Å². The summed E-state index contributed by atoms with van der Waals surface area (Å²) in [5.41, 5.74) is 9.96. The van der Waals surface area contributed by atoms with Crippen LogP contribution in [-0.2, 0) is 38.8 Å². The van der Waals surface area contributed by atoms with Gasteiger partial charge in [0.25, 0.3) is 0 Å². The highest BCUT2D eigenvalue weighted by molar-refractivity contribution is 6.73. The van der Waals surface area contributed by atoms with Gasteiger partial charge < -0.3 is 18.9 Å². The molecule has 0 radical (unpaired) electrons. The molecule has 1 aliphatic heterocycles. The number of nitrogens with one attached hydrogen (secondary N) is 1. The summed E-state index contributed by atoms with van der Waals surface area (Å²) in [5, 5.41) is 1.47. The van der Waals surface area contributed by atoms with Crippen molar-refractivity contribution in [2.45, 2.75) is 155 Å². The van der Waals surface area contributed by atoms with Crippen LogP contribution < -0.4 is 0 Å². The van der Waals surface area contributed by atoms with E-state index in [9.17, 15) is 0 Å². The monoisotopic (exact) mass is 707 g/mol. The van der Waals surface area contributed by atoms with E-state index in [2.05, 4.69) is 123 Å². The molecule has 2 heterocycles. The average molecular weight is 708 g/mol. The van der Waals surface area contributed by atoms with Gasteiger partial charge in [0.1, 0.15) is 0 Å². The Morgan fingerprint density at radius 3 is 2.31 bits per heavy atom. The van der Waals surface area contributed by atoms with Crippen LogP contribution in [-0.4, -0.2) is 37.2 Å². The summed E-state index contributed by atoms with van der Waals surface area (Å²) in [6, 6.07) is 19.4. The summed E-state index contributed by atoms with van der Waals surface area (Å²) in [5.74, 6) is 1.60. The Kier molecular flexibility index (Phi) is 8.55. The van der Waals surface area contributed by atoms with E-state index in [0.717, 1.165) is 19.4 Å². The predicted octanol–water partition coefficient (Wildman–Crippen LogP) is 11.6. The summed E-state index contributed by atoms with van der Waals surface area (Å²) >= 11 is 0. The van der Waals surface area contributed by atoms with Gasteiger partial charge in [0.15, 0.2) is 8.32 Å². The van der Waals surface area contributed by atoms with Crippen LogP contribution in [0.4, 0.5) is 0 Å². The van der Waals surface area contributed by atoms with Crippen LogP contribution in [0.3, 0.4) is 0 Å². The molecule has 4 nitrogen and oxygen atoms in total. The van der Waals surface area contributed by atoms with Gasteiger partial charge in [0.05, 0.1) is 30.5 Å². The zero-order valence-electron chi connectivity index (χ0n) is 33.4. The van der Waals surface area contributed by atoms with Gasteiger partial charge in [-0.25, -0.2) is 0 Å². The maximum Gasteiger partial charge on any atom is 0.192 e. The molecule has 0 unspecified atom stereocenters. The Bertz CT molecular complexity index is 1830. The molecular weight excluding hydrogens is 643 g/mol.